The lowest BCUT2D eigenvalue weighted by Gasteiger charge is -2.37. The monoisotopic (exact) mass is 456 g/mol. The minimum absolute atomic E-state index is 0.0424. The van der Waals surface area contributed by atoms with Gasteiger partial charge >= 0.3 is 6.18 Å². The first-order valence-corrected chi connectivity index (χ1v) is 10.8. The molecular formula is C23H31F3N2O4. The Hall–Kier alpha value is -2.13. The van der Waals surface area contributed by atoms with Gasteiger partial charge in [-0.15, -0.1) is 0 Å². The highest BCUT2D eigenvalue weighted by molar-refractivity contribution is 5.87. The normalized spacial score (nSPS) is 29.6. The maximum absolute atomic E-state index is 12.6. The largest absolute Gasteiger partial charge is 0.416 e. The Morgan fingerprint density at radius 2 is 1.81 bits per heavy atom. The Morgan fingerprint density at radius 1 is 1.19 bits per heavy atom. The lowest BCUT2D eigenvalue weighted by molar-refractivity contribution is -0.137. The molecule has 5 unspecified atom stereocenters. The summed E-state index contributed by atoms with van der Waals surface area (Å²) in [4.78, 5) is 25.0. The van der Waals surface area contributed by atoms with E-state index < -0.39 is 42.3 Å². The number of carbonyl (C=O) groups is 2. The van der Waals surface area contributed by atoms with Gasteiger partial charge in [0.2, 0.25) is 11.8 Å². The number of aliphatic hydroxyl groups is 2. The Bertz CT molecular complexity index is 856. The summed E-state index contributed by atoms with van der Waals surface area (Å²) < 4.78 is 37.9. The van der Waals surface area contributed by atoms with E-state index in [4.69, 9.17) is 0 Å². The van der Waals surface area contributed by atoms with Crippen molar-refractivity contribution in [2.24, 2.45) is 22.7 Å². The van der Waals surface area contributed by atoms with Crippen LogP contribution < -0.4 is 10.6 Å². The molecule has 0 radical (unpaired) electrons. The standard InChI is InChI=1S/C23H31F3N2O4/c1-21(2)16-8-9-22(21,3)19(31)15(16)10-18(30)28-17(12-29)20(32)27-11-13-4-6-14(7-5-13)23(24,25)26/h4-7,15-17,19,29,31H,8-12H2,1-3H3,(H,27,32)(H,28,30). The first kappa shape index (κ1) is 24.5. The number of carbonyl (C=O) groups excluding carboxylic acids is 2. The first-order valence-electron chi connectivity index (χ1n) is 10.8. The van der Waals surface area contributed by atoms with Crippen LogP contribution in [0.2, 0.25) is 0 Å². The van der Waals surface area contributed by atoms with E-state index >= 15 is 0 Å². The van der Waals surface area contributed by atoms with Gasteiger partial charge in [-0.2, -0.15) is 13.2 Å². The molecule has 3 rings (SSSR count). The van der Waals surface area contributed by atoms with Crippen molar-refractivity contribution >= 4 is 11.8 Å². The summed E-state index contributed by atoms with van der Waals surface area (Å²) in [5.41, 5.74) is -0.673. The van der Waals surface area contributed by atoms with Crippen LogP contribution in [0.4, 0.5) is 13.2 Å². The van der Waals surface area contributed by atoms with E-state index in [0.29, 0.717) is 5.56 Å². The topological polar surface area (TPSA) is 98.7 Å². The zero-order valence-electron chi connectivity index (χ0n) is 18.5. The maximum atomic E-state index is 12.6. The van der Waals surface area contributed by atoms with Crippen molar-refractivity contribution < 1.29 is 33.0 Å². The van der Waals surface area contributed by atoms with Crippen LogP contribution in [0, 0.1) is 22.7 Å². The molecule has 6 nitrogen and oxygen atoms in total. The highest BCUT2D eigenvalue weighted by atomic mass is 19.4. The quantitative estimate of drug-likeness (QED) is 0.507. The molecule has 0 heterocycles. The van der Waals surface area contributed by atoms with Gasteiger partial charge in [-0.05, 0) is 53.2 Å². The molecular weight excluding hydrogens is 425 g/mol. The molecule has 0 aliphatic heterocycles. The van der Waals surface area contributed by atoms with Gasteiger partial charge in [0, 0.05) is 13.0 Å². The molecule has 1 aromatic rings. The van der Waals surface area contributed by atoms with Crippen molar-refractivity contribution in [3.8, 4) is 0 Å². The molecule has 2 bridgehead atoms. The van der Waals surface area contributed by atoms with Crippen LogP contribution in [-0.2, 0) is 22.3 Å². The first-order chi connectivity index (χ1) is 14.8. The molecule has 2 aliphatic carbocycles. The van der Waals surface area contributed by atoms with Gasteiger partial charge in [-0.3, -0.25) is 9.59 Å². The lowest BCUT2D eigenvalue weighted by Crippen LogP contribution is -2.49. The fourth-order valence-corrected chi connectivity index (χ4v) is 5.57. The number of amides is 2. The molecule has 2 aliphatic rings. The second-order valence-corrected chi connectivity index (χ2v) is 9.81. The fraction of sp³-hybridized carbons (Fsp3) is 0.652. The molecule has 1 aromatic carbocycles. The number of nitrogens with one attached hydrogen (secondary N) is 2. The fourth-order valence-electron chi connectivity index (χ4n) is 5.57. The predicted molar refractivity (Wildman–Crippen MR) is 111 cm³/mol. The summed E-state index contributed by atoms with van der Waals surface area (Å²) in [6.07, 6.45) is -3.13. The molecule has 5 atom stereocenters. The highest BCUT2D eigenvalue weighted by Crippen LogP contribution is 2.68. The van der Waals surface area contributed by atoms with Crippen molar-refractivity contribution in [2.75, 3.05) is 6.61 Å². The molecule has 2 saturated carbocycles. The van der Waals surface area contributed by atoms with Gasteiger partial charge in [0.25, 0.3) is 0 Å². The van der Waals surface area contributed by atoms with Crippen LogP contribution in [0.5, 0.6) is 0 Å². The summed E-state index contributed by atoms with van der Waals surface area (Å²) in [5, 5.41) is 25.4. The Morgan fingerprint density at radius 3 is 2.31 bits per heavy atom. The van der Waals surface area contributed by atoms with Crippen LogP contribution in [0.3, 0.4) is 0 Å². The number of hydrogen-bond donors (Lipinski definition) is 4. The molecule has 4 N–H and O–H groups in total. The average molecular weight is 457 g/mol. The van der Waals surface area contributed by atoms with Gasteiger partial charge in [0.05, 0.1) is 18.3 Å². The third kappa shape index (κ3) is 4.37. The zero-order chi connectivity index (χ0) is 23.9. The summed E-state index contributed by atoms with van der Waals surface area (Å²) in [7, 11) is 0. The number of halogens is 3. The van der Waals surface area contributed by atoms with Gasteiger partial charge in [0.15, 0.2) is 0 Å². The maximum Gasteiger partial charge on any atom is 0.416 e. The number of aliphatic hydroxyl groups excluding tert-OH is 2. The average Bonchev–Trinajstić information content (AvgIpc) is 3.03. The van der Waals surface area contributed by atoms with Crippen LogP contribution in [0.15, 0.2) is 24.3 Å². The summed E-state index contributed by atoms with van der Waals surface area (Å²) >= 11 is 0. The number of hydrogen-bond acceptors (Lipinski definition) is 4. The third-order valence-corrected chi connectivity index (χ3v) is 7.95. The Kier molecular flexibility index (Phi) is 6.64. The molecule has 0 spiro atoms. The number of benzene rings is 1. The highest BCUT2D eigenvalue weighted by Gasteiger charge is 2.65. The van der Waals surface area contributed by atoms with Crippen LogP contribution in [0.25, 0.3) is 0 Å². The Labute approximate surface area is 185 Å². The van der Waals surface area contributed by atoms with Gasteiger partial charge in [-0.25, -0.2) is 0 Å². The minimum atomic E-state index is -4.44. The molecule has 178 valence electrons. The summed E-state index contributed by atoms with van der Waals surface area (Å²) in [6.45, 7) is 5.64. The van der Waals surface area contributed by atoms with E-state index in [1.54, 1.807) is 0 Å². The lowest BCUT2D eigenvalue weighted by atomic mass is 9.70. The summed E-state index contributed by atoms with van der Waals surface area (Å²) in [6, 6.07) is 3.18. The number of fused-ring (bicyclic) bond motifs is 2. The Balaban J connectivity index is 1.53. The number of rotatable bonds is 7. The van der Waals surface area contributed by atoms with E-state index in [1.165, 1.54) is 12.1 Å². The van der Waals surface area contributed by atoms with Gasteiger partial charge in [-0.1, -0.05) is 32.9 Å². The minimum Gasteiger partial charge on any atom is -0.394 e. The van der Waals surface area contributed by atoms with E-state index in [1.807, 2.05) is 0 Å². The van der Waals surface area contributed by atoms with E-state index in [0.717, 1.165) is 25.0 Å². The third-order valence-electron chi connectivity index (χ3n) is 7.95. The molecule has 2 fully saturated rings. The van der Waals surface area contributed by atoms with Crippen molar-refractivity contribution in [1.29, 1.82) is 0 Å². The SMILES string of the molecule is CC1(C)C2CCC1(C)C(O)C2CC(=O)NC(CO)C(=O)NCc1ccc(C(F)(F)F)cc1. The van der Waals surface area contributed by atoms with Crippen LogP contribution in [-0.4, -0.2) is 40.8 Å². The second-order valence-electron chi connectivity index (χ2n) is 9.81. The van der Waals surface area contributed by atoms with Crippen molar-refractivity contribution in [2.45, 2.75) is 64.9 Å². The van der Waals surface area contributed by atoms with Crippen molar-refractivity contribution in [1.82, 2.24) is 10.6 Å². The van der Waals surface area contributed by atoms with E-state index in [-0.39, 0.29) is 35.6 Å². The van der Waals surface area contributed by atoms with Crippen molar-refractivity contribution in [3.05, 3.63) is 35.4 Å². The second kappa shape index (κ2) is 8.67. The summed E-state index contributed by atoms with van der Waals surface area (Å²) in [5.74, 6) is -1.07. The number of alkyl halides is 3. The van der Waals surface area contributed by atoms with Crippen LogP contribution in [0.1, 0.15) is 51.2 Å². The molecule has 2 amide bonds. The molecule has 32 heavy (non-hydrogen) atoms. The van der Waals surface area contributed by atoms with E-state index in [2.05, 4.69) is 31.4 Å². The van der Waals surface area contributed by atoms with Gasteiger partial charge < -0.3 is 20.8 Å². The van der Waals surface area contributed by atoms with Crippen molar-refractivity contribution in [3.63, 3.8) is 0 Å². The zero-order valence-corrected chi connectivity index (χ0v) is 18.5. The van der Waals surface area contributed by atoms with E-state index in [9.17, 15) is 33.0 Å². The predicted octanol–water partition coefficient (Wildman–Crippen LogP) is 2.62. The molecule has 9 heteroatoms. The smallest absolute Gasteiger partial charge is 0.394 e. The van der Waals surface area contributed by atoms with Crippen LogP contribution >= 0.6 is 0 Å². The molecule has 0 saturated heterocycles. The van der Waals surface area contributed by atoms with Gasteiger partial charge in [0.1, 0.15) is 6.04 Å². The molecule has 0 aromatic heterocycles.